The third-order valence-corrected chi connectivity index (χ3v) is 4.61. The lowest BCUT2D eigenvalue weighted by Gasteiger charge is -2.21. The fraction of sp³-hybridized carbons (Fsp3) is 0.875. The number of amides is 1. The van der Waals surface area contributed by atoms with Gasteiger partial charge in [-0.2, -0.15) is 0 Å². The maximum atomic E-state index is 12.3. The van der Waals surface area contributed by atoms with Gasteiger partial charge in [-0.3, -0.25) is 9.59 Å². The van der Waals surface area contributed by atoms with Crippen molar-refractivity contribution in [2.75, 3.05) is 26.2 Å². The molecule has 0 spiro atoms. The standard InChI is InChI=1S/C16H30N2O3/c1-4-8-18(6-3)9-7-17-15(19)13-10-12(5-2)11-14(13)16(20)21/h12-14H,4-11H2,1-3H3,(H,17,19)(H,20,21)/t12?,13-,14+/m0/s1. The van der Waals surface area contributed by atoms with E-state index in [2.05, 4.69) is 31.0 Å². The summed E-state index contributed by atoms with van der Waals surface area (Å²) in [5, 5.41) is 12.2. The maximum absolute atomic E-state index is 12.3. The quantitative estimate of drug-likeness (QED) is 0.683. The molecule has 0 saturated heterocycles. The van der Waals surface area contributed by atoms with Crippen LogP contribution in [0.1, 0.15) is 46.5 Å². The molecule has 0 heterocycles. The minimum Gasteiger partial charge on any atom is -0.481 e. The van der Waals surface area contributed by atoms with Crippen LogP contribution in [0.4, 0.5) is 0 Å². The highest BCUT2D eigenvalue weighted by Crippen LogP contribution is 2.38. The average molecular weight is 298 g/mol. The van der Waals surface area contributed by atoms with Crippen LogP contribution in [0.5, 0.6) is 0 Å². The van der Waals surface area contributed by atoms with Gasteiger partial charge in [0.1, 0.15) is 0 Å². The fourth-order valence-electron chi connectivity index (χ4n) is 3.25. The normalized spacial score (nSPS) is 25.2. The molecule has 0 aliphatic heterocycles. The largest absolute Gasteiger partial charge is 0.481 e. The van der Waals surface area contributed by atoms with Crippen molar-refractivity contribution in [3.63, 3.8) is 0 Å². The van der Waals surface area contributed by atoms with Gasteiger partial charge in [0.05, 0.1) is 11.8 Å². The maximum Gasteiger partial charge on any atom is 0.307 e. The van der Waals surface area contributed by atoms with Gasteiger partial charge in [-0.15, -0.1) is 0 Å². The number of carbonyl (C=O) groups excluding carboxylic acids is 1. The van der Waals surface area contributed by atoms with E-state index in [1.807, 2.05) is 0 Å². The Kier molecular flexibility index (Phi) is 7.72. The highest BCUT2D eigenvalue weighted by atomic mass is 16.4. The van der Waals surface area contributed by atoms with E-state index in [1.165, 1.54) is 0 Å². The van der Waals surface area contributed by atoms with Crippen LogP contribution < -0.4 is 5.32 Å². The number of carboxylic acids is 1. The second-order valence-corrected chi connectivity index (χ2v) is 6.02. The molecule has 0 aromatic carbocycles. The predicted molar refractivity (Wildman–Crippen MR) is 83.0 cm³/mol. The van der Waals surface area contributed by atoms with Gasteiger partial charge < -0.3 is 15.3 Å². The first-order chi connectivity index (χ1) is 10.0. The summed E-state index contributed by atoms with van der Waals surface area (Å²) in [4.78, 5) is 25.8. The molecule has 1 amide bonds. The average Bonchev–Trinajstić information content (AvgIpc) is 2.90. The summed E-state index contributed by atoms with van der Waals surface area (Å²) in [6.07, 6.45) is 3.41. The van der Waals surface area contributed by atoms with Crippen molar-refractivity contribution in [1.82, 2.24) is 10.2 Å². The zero-order chi connectivity index (χ0) is 15.8. The van der Waals surface area contributed by atoms with Crippen LogP contribution in [-0.2, 0) is 9.59 Å². The monoisotopic (exact) mass is 298 g/mol. The minimum absolute atomic E-state index is 0.0779. The Morgan fingerprint density at radius 1 is 1.14 bits per heavy atom. The Hall–Kier alpha value is -1.10. The van der Waals surface area contributed by atoms with Crippen molar-refractivity contribution < 1.29 is 14.7 Å². The Bertz CT molecular complexity index is 346. The number of hydrogen-bond donors (Lipinski definition) is 2. The summed E-state index contributed by atoms with van der Waals surface area (Å²) >= 11 is 0. The van der Waals surface area contributed by atoms with Crippen LogP contribution in [0.25, 0.3) is 0 Å². The molecule has 1 rings (SSSR count). The summed E-state index contributed by atoms with van der Waals surface area (Å²) in [5.41, 5.74) is 0. The molecule has 1 unspecified atom stereocenters. The Balaban J connectivity index is 2.44. The molecule has 1 fully saturated rings. The van der Waals surface area contributed by atoms with Gasteiger partial charge in [0, 0.05) is 13.1 Å². The van der Waals surface area contributed by atoms with Crippen LogP contribution in [0.15, 0.2) is 0 Å². The number of rotatable bonds is 9. The molecule has 0 aromatic heterocycles. The highest BCUT2D eigenvalue weighted by molar-refractivity contribution is 5.85. The highest BCUT2D eigenvalue weighted by Gasteiger charge is 2.41. The SMILES string of the molecule is CCCN(CC)CCNC(=O)[C@H]1CC(CC)C[C@H]1C(=O)O. The van der Waals surface area contributed by atoms with Crippen molar-refractivity contribution >= 4 is 11.9 Å². The third-order valence-electron chi connectivity index (χ3n) is 4.61. The van der Waals surface area contributed by atoms with Crippen LogP contribution in [0.3, 0.4) is 0 Å². The Morgan fingerprint density at radius 3 is 2.33 bits per heavy atom. The third kappa shape index (κ3) is 5.30. The molecule has 3 atom stereocenters. The number of hydrogen-bond acceptors (Lipinski definition) is 3. The molecular formula is C16H30N2O3. The van der Waals surface area contributed by atoms with E-state index in [-0.39, 0.29) is 11.8 Å². The number of nitrogens with one attached hydrogen (secondary N) is 1. The smallest absolute Gasteiger partial charge is 0.307 e. The molecule has 2 N–H and O–H groups in total. The second kappa shape index (κ2) is 9.03. The van der Waals surface area contributed by atoms with Crippen molar-refractivity contribution in [3.05, 3.63) is 0 Å². The molecule has 0 radical (unpaired) electrons. The summed E-state index contributed by atoms with van der Waals surface area (Å²) in [7, 11) is 0. The van der Waals surface area contributed by atoms with Crippen LogP contribution in [-0.4, -0.2) is 48.1 Å². The minimum atomic E-state index is -0.827. The molecule has 1 saturated carbocycles. The number of carboxylic acid groups (broad SMARTS) is 1. The number of aliphatic carboxylic acids is 1. The van der Waals surface area contributed by atoms with Crippen molar-refractivity contribution in [2.24, 2.45) is 17.8 Å². The van der Waals surface area contributed by atoms with E-state index < -0.39 is 11.9 Å². The first kappa shape index (κ1) is 18.0. The zero-order valence-corrected chi connectivity index (χ0v) is 13.6. The lowest BCUT2D eigenvalue weighted by Crippen LogP contribution is -2.40. The summed E-state index contributed by atoms with van der Waals surface area (Å²) in [6.45, 7) is 9.76. The van der Waals surface area contributed by atoms with Crippen molar-refractivity contribution in [2.45, 2.75) is 46.5 Å². The van der Waals surface area contributed by atoms with Gasteiger partial charge in [0.15, 0.2) is 0 Å². The van der Waals surface area contributed by atoms with Gasteiger partial charge in [0.25, 0.3) is 0 Å². The topological polar surface area (TPSA) is 69.6 Å². The van der Waals surface area contributed by atoms with Crippen LogP contribution in [0, 0.1) is 17.8 Å². The molecule has 1 aliphatic carbocycles. The molecule has 5 heteroatoms. The first-order valence-electron chi connectivity index (χ1n) is 8.26. The van der Waals surface area contributed by atoms with Gasteiger partial charge in [-0.05, 0) is 38.3 Å². The van der Waals surface area contributed by atoms with Gasteiger partial charge >= 0.3 is 5.97 Å². The fourth-order valence-corrected chi connectivity index (χ4v) is 3.25. The van der Waals surface area contributed by atoms with Gasteiger partial charge in [-0.25, -0.2) is 0 Å². The summed E-state index contributed by atoms with van der Waals surface area (Å²) in [6, 6.07) is 0. The van der Waals surface area contributed by atoms with E-state index in [0.717, 1.165) is 32.5 Å². The molecule has 0 bridgehead atoms. The second-order valence-electron chi connectivity index (χ2n) is 6.02. The van der Waals surface area contributed by atoms with E-state index in [4.69, 9.17) is 0 Å². The molecule has 1 aliphatic rings. The van der Waals surface area contributed by atoms with Crippen molar-refractivity contribution in [1.29, 1.82) is 0 Å². The lowest BCUT2D eigenvalue weighted by molar-refractivity contribution is -0.146. The van der Waals surface area contributed by atoms with E-state index in [9.17, 15) is 14.7 Å². The van der Waals surface area contributed by atoms with E-state index in [1.54, 1.807) is 0 Å². The number of nitrogens with zero attached hydrogens (tertiary/aromatic N) is 1. The summed E-state index contributed by atoms with van der Waals surface area (Å²) < 4.78 is 0. The van der Waals surface area contributed by atoms with Crippen LogP contribution in [0.2, 0.25) is 0 Å². The van der Waals surface area contributed by atoms with E-state index >= 15 is 0 Å². The number of carbonyl (C=O) groups is 2. The molecular weight excluding hydrogens is 268 g/mol. The molecule has 122 valence electrons. The molecule has 21 heavy (non-hydrogen) atoms. The summed E-state index contributed by atoms with van der Waals surface area (Å²) in [5.74, 6) is -1.39. The Labute approximate surface area is 128 Å². The van der Waals surface area contributed by atoms with Crippen LogP contribution >= 0.6 is 0 Å². The Morgan fingerprint density at radius 2 is 1.81 bits per heavy atom. The van der Waals surface area contributed by atoms with Gasteiger partial charge in [0.2, 0.25) is 5.91 Å². The van der Waals surface area contributed by atoms with Gasteiger partial charge in [-0.1, -0.05) is 27.2 Å². The molecule has 0 aromatic rings. The lowest BCUT2D eigenvalue weighted by atomic mass is 9.95. The predicted octanol–water partition coefficient (Wildman–Crippen LogP) is 1.97. The number of likely N-dealkylation sites (N-methyl/N-ethyl adjacent to an activating group) is 1. The van der Waals surface area contributed by atoms with Crippen molar-refractivity contribution in [3.8, 4) is 0 Å². The zero-order valence-electron chi connectivity index (χ0n) is 13.6. The van der Waals surface area contributed by atoms with E-state index in [0.29, 0.717) is 25.3 Å². The first-order valence-corrected chi connectivity index (χ1v) is 8.26. The molecule has 5 nitrogen and oxygen atoms in total.